The number of ether oxygens (including phenoxy) is 1. The Labute approximate surface area is 199 Å². The van der Waals surface area contributed by atoms with E-state index in [0.29, 0.717) is 12.8 Å². The molecule has 2 aromatic rings. The molecule has 2 amide bonds. The van der Waals surface area contributed by atoms with Crippen LogP contribution in [0, 0.1) is 5.92 Å². The van der Waals surface area contributed by atoms with Crippen LogP contribution >= 0.6 is 0 Å². The maximum atomic E-state index is 13.0. The highest BCUT2D eigenvalue weighted by Crippen LogP contribution is 2.44. The smallest absolute Gasteiger partial charge is 0.407 e. The molecule has 4 rings (SSSR count). The van der Waals surface area contributed by atoms with E-state index >= 15 is 0 Å². The maximum absolute atomic E-state index is 13.0. The van der Waals surface area contributed by atoms with Gasteiger partial charge in [0, 0.05) is 5.92 Å². The van der Waals surface area contributed by atoms with Crippen molar-refractivity contribution in [3.8, 4) is 11.1 Å². The first kappa shape index (κ1) is 23.8. The van der Waals surface area contributed by atoms with Gasteiger partial charge in [0.2, 0.25) is 5.91 Å². The van der Waals surface area contributed by atoms with E-state index in [-0.39, 0.29) is 18.4 Å². The first-order valence-electron chi connectivity index (χ1n) is 11.8. The number of aliphatic carboxylic acids is 1. The molecule has 0 radical (unpaired) electrons. The summed E-state index contributed by atoms with van der Waals surface area (Å²) < 4.78 is 5.70. The van der Waals surface area contributed by atoms with Crippen molar-refractivity contribution in [2.75, 3.05) is 6.61 Å². The number of hydrogen-bond donors (Lipinski definition) is 3. The largest absolute Gasteiger partial charge is 0.480 e. The van der Waals surface area contributed by atoms with Crippen molar-refractivity contribution < 1.29 is 24.2 Å². The molecule has 7 nitrogen and oxygen atoms in total. The third-order valence-corrected chi connectivity index (χ3v) is 7.23. The van der Waals surface area contributed by atoms with E-state index in [1.54, 1.807) is 0 Å². The lowest BCUT2D eigenvalue weighted by Gasteiger charge is -2.41. The van der Waals surface area contributed by atoms with Gasteiger partial charge in [0.15, 0.2) is 0 Å². The number of carbonyl (C=O) groups excluding carboxylic acids is 2. The number of carbonyl (C=O) groups is 3. The van der Waals surface area contributed by atoms with Crippen molar-refractivity contribution >= 4 is 18.0 Å². The quantitative estimate of drug-likeness (QED) is 0.586. The number of carboxylic acids is 1. The predicted octanol–water partition coefficient (Wildman–Crippen LogP) is 4.45. The molecule has 3 N–H and O–H groups in total. The number of carboxylic acid groups (broad SMARTS) is 1. The number of rotatable bonds is 6. The summed E-state index contributed by atoms with van der Waals surface area (Å²) in [6, 6.07) is 16.3. The Morgan fingerprint density at radius 2 is 1.62 bits per heavy atom. The van der Waals surface area contributed by atoms with E-state index in [0.717, 1.165) is 35.1 Å². The zero-order valence-electron chi connectivity index (χ0n) is 19.9. The average molecular weight is 465 g/mol. The second kappa shape index (κ2) is 9.12. The Kier molecular flexibility index (Phi) is 6.39. The first-order valence-corrected chi connectivity index (χ1v) is 11.8. The third kappa shape index (κ3) is 4.52. The minimum Gasteiger partial charge on any atom is -0.480 e. The molecule has 0 aromatic heterocycles. The van der Waals surface area contributed by atoms with E-state index in [1.165, 1.54) is 13.8 Å². The normalized spacial score (nSPS) is 21.8. The summed E-state index contributed by atoms with van der Waals surface area (Å²) >= 11 is 0. The van der Waals surface area contributed by atoms with Crippen LogP contribution in [0.25, 0.3) is 11.1 Å². The molecule has 0 heterocycles. The van der Waals surface area contributed by atoms with Gasteiger partial charge in [0.25, 0.3) is 0 Å². The molecule has 2 aliphatic carbocycles. The molecule has 34 heavy (non-hydrogen) atoms. The van der Waals surface area contributed by atoms with Crippen LogP contribution in [-0.2, 0) is 14.3 Å². The highest BCUT2D eigenvalue weighted by Gasteiger charge is 2.44. The number of hydrogen-bond acceptors (Lipinski definition) is 4. The summed E-state index contributed by atoms with van der Waals surface area (Å²) in [7, 11) is 0. The van der Waals surface area contributed by atoms with Crippen LogP contribution in [0.4, 0.5) is 4.79 Å². The standard InChI is InChI=1S/C27H32N2O5/c1-26(2,24(31)32)28-23(30)22-14-8-9-15-27(22,3)29-25(33)34-16-21-19-12-6-4-10-17(19)18-11-5-7-13-20(18)21/h4-7,10-13,21-22H,8-9,14-16H2,1-3H3,(H,28,30)(H,29,33)(H,31,32). The van der Waals surface area contributed by atoms with E-state index in [4.69, 9.17) is 4.74 Å². The highest BCUT2D eigenvalue weighted by atomic mass is 16.5. The fraction of sp³-hybridized carbons (Fsp3) is 0.444. The zero-order chi connectivity index (χ0) is 24.5. The lowest BCUT2D eigenvalue weighted by molar-refractivity contribution is -0.147. The lowest BCUT2D eigenvalue weighted by atomic mass is 9.73. The van der Waals surface area contributed by atoms with Gasteiger partial charge in [-0.15, -0.1) is 0 Å². The molecule has 1 fully saturated rings. The molecule has 2 aliphatic rings. The third-order valence-electron chi connectivity index (χ3n) is 7.23. The van der Waals surface area contributed by atoms with Crippen molar-refractivity contribution in [2.24, 2.45) is 5.92 Å². The molecular weight excluding hydrogens is 432 g/mol. The van der Waals surface area contributed by atoms with Crippen molar-refractivity contribution in [3.63, 3.8) is 0 Å². The molecule has 0 spiro atoms. The minimum atomic E-state index is -1.39. The Morgan fingerprint density at radius 3 is 2.21 bits per heavy atom. The van der Waals surface area contributed by atoms with Crippen molar-refractivity contribution in [1.29, 1.82) is 0 Å². The SMILES string of the molecule is CC(C)(NC(=O)C1CCCCC1(C)NC(=O)OCC1c2ccccc2-c2ccccc21)C(=O)O. The predicted molar refractivity (Wildman–Crippen MR) is 128 cm³/mol. The van der Waals surface area contributed by atoms with Gasteiger partial charge in [-0.2, -0.15) is 0 Å². The summed E-state index contributed by atoms with van der Waals surface area (Å²) in [4.78, 5) is 37.4. The van der Waals surface area contributed by atoms with Crippen LogP contribution in [0.1, 0.15) is 63.5 Å². The molecular formula is C27H32N2O5. The van der Waals surface area contributed by atoms with E-state index in [2.05, 4.69) is 34.9 Å². The molecule has 2 aromatic carbocycles. The minimum absolute atomic E-state index is 0.0484. The number of fused-ring (bicyclic) bond motifs is 3. The topological polar surface area (TPSA) is 105 Å². The summed E-state index contributed by atoms with van der Waals surface area (Å²) in [6.45, 7) is 4.93. The monoisotopic (exact) mass is 464 g/mol. The molecule has 180 valence electrons. The highest BCUT2D eigenvalue weighted by molar-refractivity contribution is 5.88. The Morgan fingerprint density at radius 1 is 1.03 bits per heavy atom. The molecule has 0 bridgehead atoms. The summed E-state index contributed by atoms with van der Waals surface area (Å²) in [5.41, 5.74) is 2.37. The summed E-state index contributed by atoms with van der Waals surface area (Å²) in [5, 5.41) is 14.9. The second-order valence-corrected chi connectivity index (χ2v) is 10.1. The van der Waals surface area contributed by atoms with E-state index < -0.39 is 29.1 Å². The summed E-state index contributed by atoms with van der Waals surface area (Å²) in [6.07, 6.45) is 2.33. The molecule has 7 heteroatoms. The van der Waals surface area contributed by atoms with Crippen LogP contribution in [0.3, 0.4) is 0 Å². The molecule has 2 atom stereocenters. The van der Waals surface area contributed by atoms with Crippen LogP contribution in [0.5, 0.6) is 0 Å². The second-order valence-electron chi connectivity index (χ2n) is 10.1. The fourth-order valence-corrected chi connectivity index (χ4v) is 5.22. The van der Waals surface area contributed by atoms with Crippen molar-refractivity contribution in [2.45, 2.75) is 63.5 Å². The zero-order valence-corrected chi connectivity index (χ0v) is 19.9. The fourth-order valence-electron chi connectivity index (χ4n) is 5.22. The molecule has 2 unspecified atom stereocenters. The van der Waals surface area contributed by atoms with Crippen LogP contribution in [0.2, 0.25) is 0 Å². The van der Waals surface area contributed by atoms with E-state index in [9.17, 15) is 19.5 Å². The van der Waals surface area contributed by atoms with Crippen LogP contribution in [-0.4, -0.2) is 40.8 Å². The van der Waals surface area contributed by atoms with Gasteiger partial charge in [-0.3, -0.25) is 4.79 Å². The van der Waals surface area contributed by atoms with Gasteiger partial charge in [-0.1, -0.05) is 61.4 Å². The van der Waals surface area contributed by atoms with Gasteiger partial charge >= 0.3 is 12.1 Å². The number of nitrogens with one attached hydrogen (secondary N) is 2. The van der Waals surface area contributed by atoms with Crippen LogP contribution < -0.4 is 10.6 Å². The van der Waals surface area contributed by atoms with Gasteiger partial charge in [0.1, 0.15) is 12.1 Å². The number of alkyl carbamates (subject to hydrolysis) is 1. The van der Waals surface area contributed by atoms with Gasteiger partial charge in [-0.25, -0.2) is 9.59 Å². The van der Waals surface area contributed by atoms with Gasteiger partial charge in [-0.05, 0) is 55.9 Å². The Balaban J connectivity index is 1.45. The average Bonchev–Trinajstić information content (AvgIpc) is 3.11. The molecule has 0 saturated heterocycles. The van der Waals surface area contributed by atoms with Gasteiger partial charge < -0.3 is 20.5 Å². The summed E-state index contributed by atoms with van der Waals surface area (Å²) in [5.74, 6) is -2.07. The number of amides is 2. The van der Waals surface area contributed by atoms with Crippen LogP contribution in [0.15, 0.2) is 48.5 Å². The van der Waals surface area contributed by atoms with E-state index in [1.807, 2.05) is 31.2 Å². The molecule has 0 aliphatic heterocycles. The van der Waals surface area contributed by atoms with Crippen molar-refractivity contribution in [1.82, 2.24) is 10.6 Å². The maximum Gasteiger partial charge on any atom is 0.407 e. The first-order chi connectivity index (χ1) is 16.1. The van der Waals surface area contributed by atoms with Crippen molar-refractivity contribution in [3.05, 3.63) is 59.7 Å². The lowest BCUT2D eigenvalue weighted by Crippen LogP contribution is -2.60. The Bertz CT molecular complexity index is 1070. The Hall–Kier alpha value is -3.35. The van der Waals surface area contributed by atoms with Gasteiger partial charge in [0.05, 0.1) is 11.5 Å². The molecule has 1 saturated carbocycles. The number of benzene rings is 2.